The van der Waals surface area contributed by atoms with Crippen molar-refractivity contribution in [1.82, 2.24) is 14.5 Å². The molecule has 120 valence electrons. The quantitative estimate of drug-likeness (QED) is 0.758. The minimum Gasteiger partial charge on any atom is -0.391 e. The van der Waals surface area contributed by atoms with Crippen molar-refractivity contribution in [2.24, 2.45) is 5.92 Å². The van der Waals surface area contributed by atoms with Crippen molar-refractivity contribution in [2.75, 3.05) is 5.32 Å². The Morgan fingerprint density at radius 3 is 3.13 bits per heavy atom. The zero-order chi connectivity index (χ0) is 15.8. The number of thiazole rings is 1. The summed E-state index contributed by atoms with van der Waals surface area (Å²) in [6.45, 7) is 0.894. The molecular weight excluding hydrogens is 332 g/mol. The molecule has 1 aliphatic rings. The van der Waals surface area contributed by atoms with Gasteiger partial charge >= 0.3 is 0 Å². The number of anilines is 1. The molecule has 0 spiro atoms. The monoisotopic (exact) mass is 348 g/mol. The van der Waals surface area contributed by atoms with Gasteiger partial charge < -0.3 is 15.0 Å². The number of rotatable bonds is 4. The van der Waals surface area contributed by atoms with E-state index >= 15 is 0 Å². The van der Waals surface area contributed by atoms with Gasteiger partial charge in [-0.05, 0) is 37.0 Å². The predicted octanol–water partition coefficient (Wildman–Crippen LogP) is 3.40. The minimum atomic E-state index is -0.348. The van der Waals surface area contributed by atoms with Crippen molar-refractivity contribution in [3.63, 3.8) is 0 Å². The van der Waals surface area contributed by atoms with E-state index in [4.69, 9.17) is 11.6 Å². The summed E-state index contributed by atoms with van der Waals surface area (Å²) in [7, 11) is 0. The van der Waals surface area contributed by atoms with Crippen LogP contribution in [0, 0.1) is 5.92 Å². The molecule has 4 rings (SSSR count). The standard InChI is InChI=1S/C16H17ClN4OS/c17-11-1-2-15-13(7-11)20-16(23-15)19-12-5-10(6-14(12)22)8-21-4-3-18-9-21/h1-4,7,9-10,12,14,22H,5-6,8H2,(H,19,20)/t10?,12-,14-/m1/s1. The van der Waals surface area contributed by atoms with Crippen LogP contribution in [0.4, 0.5) is 5.13 Å². The molecule has 3 aromatic rings. The number of nitrogens with one attached hydrogen (secondary N) is 1. The van der Waals surface area contributed by atoms with E-state index in [1.165, 1.54) is 0 Å². The highest BCUT2D eigenvalue weighted by atomic mass is 35.5. The lowest BCUT2D eigenvalue weighted by Crippen LogP contribution is -2.27. The van der Waals surface area contributed by atoms with Crippen LogP contribution >= 0.6 is 22.9 Å². The summed E-state index contributed by atoms with van der Waals surface area (Å²) in [5.74, 6) is 0.445. The summed E-state index contributed by atoms with van der Waals surface area (Å²) >= 11 is 7.60. The average Bonchev–Trinajstić information content (AvgIpc) is 3.21. The molecule has 0 bridgehead atoms. The van der Waals surface area contributed by atoms with Crippen LogP contribution in [-0.4, -0.2) is 31.8 Å². The van der Waals surface area contributed by atoms with E-state index in [0.717, 1.165) is 34.7 Å². The molecule has 1 aromatic carbocycles. The first-order valence-corrected chi connectivity index (χ1v) is 8.83. The maximum atomic E-state index is 10.3. The van der Waals surface area contributed by atoms with Crippen molar-refractivity contribution in [3.05, 3.63) is 41.9 Å². The van der Waals surface area contributed by atoms with Crippen molar-refractivity contribution in [3.8, 4) is 0 Å². The second-order valence-corrected chi connectivity index (χ2v) is 7.51. The van der Waals surface area contributed by atoms with Crippen LogP contribution < -0.4 is 5.32 Å². The van der Waals surface area contributed by atoms with Crippen LogP contribution in [0.3, 0.4) is 0 Å². The Bertz CT molecular complexity index is 804. The molecule has 1 saturated carbocycles. The molecule has 1 unspecified atom stereocenters. The van der Waals surface area contributed by atoms with Gasteiger partial charge in [-0.1, -0.05) is 22.9 Å². The van der Waals surface area contributed by atoms with Gasteiger partial charge in [0, 0.05) is 24.0 Å². The Kier molecular flexibility index (Phi) is 3.97. The van der Waals surface area contributed by atoms with E-state index in [2.05, 4.69) is 19.9 Å². The highest BCUT2D eigenvalue weighted by Crippen LogP contribution is 2.33. The molecule has 0 radical (unpaired) electrons. The lowest BCUT2D eigenvalue weighted by molar-refractivity contribution is 0.166. The number of imidazole rings is 1. The number of hydrogen-bond acceptors (Lipinski definition) is 5. The van der Waals surface area contributed by atoms with Gasteiger partial charge in [0.15, 0.2) is 5.13 Å². The van der Waals surface area contributed by atoms with Crippen molar-refractivity contribution in [2.45, 2.75) is 31.5 Å². The smallest absolute Gasteiger partial charge is 0.184 e. The Balaban J connectivity index is 1.45. The van der Waals surface area contributed by atoms with Gasteiger partial charge in [0.1, 0.15) is 0 Å². The first-order chi connectivity index (χ1) is 11.2. The first-order valence-electron chi connectivity index (χ1n) is 7.64. The molecule has 0 saturated heterocycles. The van der Waals surface area contributed by atoms with Crippen LogP contribution in [-0.2, 0) is 6.54 Å². The fraction of sp³-hybridized carbons (Fsp3) is 0.375. The molecule has 1 aliphatic carbocycles. The molecule has 2 N–H and O–H groups in total. The molecule has 23 heavy (non-hydrogen) atoms. The maximum Gasteiger partial charge on any atom is 0.184 e. The van der Waals surface area contributed by atoms with E-state index in [0.29, 0.717) is 10.9 Å². The number of aliphatic hydroxyl groups excluding tert-OH is 1. The molecule has 2 aromatic heterocycles. The first kappa shape index (κ1) is 14.9. The van der Waals surface area contributed by atoms with Crippen molar-refractivity contribution in [1.29, 1.82) is 0 Å². The van der Waals surface area contributed by atoms with E-state index in [1.807, 2.05) is 30.7 Å². The van der Waals surface area contributed by atoms with Crippen LogP contribution in [0.25, 0.3) is 10.2 Å². The third-order valence-electron chi connectivity index (χ3n) is 4.31. The Labute approximate surface area is 143 Å². The second-order valence-electron chi connectivity index (χ2n) is 6.05. The number of halogens is 1. The minimum absolute atomic E-state index is 0.0413. The normalized spacial score (nSPS) is 24.3. The lowest BCUT2D eigenvalue weighted by atomic mass is 10.1. The Morgan fingerprint density at radius 1 is 1.39 bits per heavy atom. The van der Waals surface area contributed by atoms with Gasteiger partial charge in [-0.25, -0.2) is 9.97 Å². The fourth-order valence-electron chi connectivity index (χ4n) is 3.24. The number of benzene rings is 1. The summed E-state index contributed by atoms with van der Waals surface area (Å²) in [5.41, 5.74) is 0.896. The van der Waals surface area contributed by atoms with Gasteiger partial charge in [0.25, 0.3) is 0 Å². The number of aliphatic hydroxyl groups is 1. The SMILES string of the molecule is O[C@@H]1CC(Cn2ccnc2)C[C@H]1Nc1nc2cc(Cl)ccc2s1. The molecule has 5 nitrogen and oxygen atoms in total. The Morgan fingerprint density at radius 2 is 2.30 bits per heavy atom. The zero-order valence-electron chi connectivity index (χ0n) is 12.4. The lowest BCUT2D eigenvalue weighted by Gasteiger charge is -2.15. The third kappa shape index (κ3) is 3.20. The van der Waals surface area contributed by atoms with Crippen LogP contribution in [0.1, 0.15) is 12.8 Å². The molecule has 1 fully saturated rings. The predicted molar refractivity (Wildman–Crippen MR) is 93.0 cm³/mol. The Hall–Kier alpha value is -1.63. The summed E-state index contributed by atoms with van der Waals surface area (Å²) in [5, 5.41) is 15.3. The third-order valence-corrected chi connectivity index (χ3v) is 5.52. The van der Waals surface area contributed by atoms with Crippen LogP contribution in [0.5, 0.6) is 0 Å². The van der Waals surface area contributed by atoms with Gasteiger partial charge in [-0.15, -0.1) is 0 Å². The number of fused-ring (bicyclic) bond motifs is 1. The van der Waals surface area contributed by atoms with E-state index < -0.39 is 0 Å². The molecule has 0 amide bonds. The zero-order valence-corrected chi connectivity index (χ0v) is 14.0. The van der Waals surface area contributed by atoms with Crippen molar-refractivity contribution < 1.29 is 5.11 Å². The van der Waals surface area contributed by atoms with Crippen molar-refractivity contribution >= 4 is 38.3 Å². The topological polar surface area (TPSA) is 63.0 Å². The second kappa shape index (κ2) is 6.11. The highest BCUT2D eigenvalue weighted by Gasteiger charge is 2.33. The van der Waals surface area contributed by atoms with Crippen LogP contribution in [0.2, 0.25) is 5.02 Å². The summed E-state index contributed by atoms with van der Waals surface area (Å²) in [6.07, 6.45) is 6.95. The van der Waals surface area contributed by atoms with Gasteiger partial charge in [0.05, 0.1) is 28.7 Å². The maximum absolute atomic E-state index is 10.3. The summed E-state index contributed by atoms with van der Waals surface area (Å²) in [4.78, 5) is 8.64. The van der Waals surface area contributed by atoms with Gasteiger partial charge in [0.2, 0.25) is 0 Å². The van der Waals surface area contributed by atoms with Crippen LogP contribution in [0.15, 0.2) is 36.9 Å². The van der Waals surface area contributed by atoms with E-state index in [1.54, 1.807) is 17.5 Å². The largest absolute Gasteiger partial charge is 0.391 e. The fourth-order valence-corrected chi connectivity index (χ4v) is 4.31. The molecular formula is C16H17ClN4OS. The van der Waals surface area contributed by atoms with Gasteiger partial charge in [-0.2, -0.15) is 0 Å². The summed E-state index contributed by atoms with van der Waals surface area (Å²) in [6, 6.07) is 5.76. The molecule has 0 aliphatic heterocycles. The number of nitrogens with zero attached hydrogens (tertiary/aromatic N) is 3. The highest BCUT2D eigenvalue weighted by molar-refractivity contribution is 7.22. The van der Waals surface area contributed by atoms with E-state index in [-0.39, 0.29) is 12.1 Å². The number of hydrogen-bond donors (Lipinski definition) is 2. The molecule has 7 heteroatoms. The van der Waals surface area contributed by atoms with Gasteiger partial charge in [-0.3, -0.25) is 0 Å². The molecule has 2 heterocycles. The molecule has 3 atom stereocenters. The number of aromatic nitrogens is 3. The van der Waals surface area contributed by atoms with E-state index in [9.17, 15) is 5.11 Å². The average molecular weight is 349 g/mol. The summed E-state index contributed by atoms with van der Waals surface area (Å²) < 4.78 is 3.17.